The van der Waals surface area contributed by atoms with Crippen LogP contribution in [0, 0.1) is 6.92 Å². The van der Waals surface area contributed by atoms with Gasteiger partial charge < -0.3 is 4.90 Å². The summed E-state index contributed by atoms with van der Waals surface area (Å²) >= 11 is 0. The van der Waals surface area contributed by atoms with Crippen molar-refractivity contribution in [1.82, 2.24) is 4.90 Å². The maximum absolute atomic E-state index is 11.8. The second-order valence-electron chi connectivity index (χ2n) is 5.74. The van der Waals surface area contributed by atoms with Crippen molar-refractivity contribution in [3.63, 3.8) is 0 Å². The topological polar surface area (TPSA) is 20.3 Å². The number of hydrogen-bond donors (Lipinski definition) is 0. The van der Waals surface area contributed by atoms with E-state index in [0.717, 1.165) is 12.1 Å². The van der Waals surface area contributed by atoms with Crippen LogP contribution < -0.4 is 0 Å². The molecule has 0 radical (unpaired) electrons. The summed E-state index contributed by atoms with van der Waals surface area (Å²) in [5.41, 5.74) is 4.75. The van der Waals surface area contributed by atoms with Gasteiger partial charge in [0.05, 0.1) is 0 Å². The van der Waals surface area contributed by atoms with Crippen LogP contribution in [0.5, 0.6) is 0 Å². The minimum Gasteiger partial charge on any atom is -0.337 e. The van der Waals surface area contributed by atoms with E-state index in [9.17, 15) is 4.79 Å². The molecular formula is C14H19NO. The number of fused-ring (bicyclic) bond motifs is 1. The van der Waals surface area contributed by atoms with Crippen molar-refractivity contribution < 1.29 is 4.79 Å². The summed E-state index contributed by atoms with van der Waals surface area (Å²) in [6, 6.07) is 4.24. The molecule has 0 bridgehead atoms. The Balaban J connectivity index is 2.58. The number of hydrogen-bond acceptors (Lipinski definition) is 1. The molecule has 1 aromatic carbocycles. The van der Waals surface area contributed by atoms with Gasteiger partial charge in [0.1, 0.15) is 0 Å². The number of benzene rings is 1. The number of carbonyl (C=O) groups is 1. The highest BCUT2D eigenvalue weighted by atomic mass is 16.2. The van der Waals surface area contributed by atoms with Crippen LogP contribution in [0.1, 0.15) is 47.8 Å². The molecule has 86 valence electrons. The van der Waals surface area contributed by atoms with Crippen molar-refractivity contribution in [2.45, 2.75) is 39.7 Å². The van der Waals surface area contributed by atoms with Gasteiger partial charge in [0.15, 0.2) is 0 Å². The predicted molar refractivity (Wildman–Crippen MR) is 65.7 cm³/mol. The van der Waals surface area contributed by atoms with E-state index >= 15 is 0 Å². The van der Waals surface area contributed by atoms with Gasteiger partial charge in [-0.15, -0.1) is 0 Å². The number of rotatable bonds is 0. The molecular weight excluding hydrogens is 198 g/mol. The maximum Gasteiger partial charge on any atom is 0.254 e. The van der Waals surface area contributed by atoms with Gasteiger partial charge in [-0.1, -0.05) is 26.8 Å². The quantitative estimate of drug-likeness (QED) is 0.654. The highest BCUT2D eigenvalue weighted by Gasteiger charge is 2.27. The van der Waals surface area contributed by atoms with Crippen LogP contribution in [0.2, 0.25) is 0 Å². The van der Waals surface area contributed by atoms with Crippen molar-refractivity contribution in [3.8, 4) is 0 Å². The Bertz CT molecular complexity index is 455. The first kappa shape index (κ1) is 11.2. The molecule has 1 aliphatic heterocycles. The average Bonchev–Trinajstić information content (AvgIpc) is 2.41. The van der Waals surface area contributed by atoms with Crippen LogP contribution in [0.3, 0.4) is 0 Å². The Morgan fingerprint density at radius 2 is 1.88 bits per heavy atom. The third-order valence-electron chi connectivity index (χ3n) is 3.24. The van der Waals surface area contributed by atoms with Crippen molar-refractivity contribution >= 4 is 5.91 Å². The van der Waals surface area contributed by atoms with Crippen molar-refractivity contribution in [2.24, 2.45) is 0 Å². The van der Waals surface area contributed by atoms with Gasteiger partial charge in [-0.3, -0.25) is 4.79 Å². The van der Waals surface area contributed by atoms with E-state index in [4.69, 9.17) is 0 Å². The molecule has 2 nitrogen and oxygen atoms in total. The van der Waals surface area contributed by atoms with Crippen LogP contribution in [-0.2, 0) is 12.0 Å². The molecule has 0 fully saturated rings. The molecule has 0 atom stereocenters. The fraction of sp³-hybridized carbons (Fsp3) is 0.500. The van der Waals surface area contributed by atoms with Crippen molar-refractivity contribution in [2.75, 3.05) is 7.05 Å². The highest BCUT2D eigenvalue weighted by molar-refractivity contribution is 5.98. The lowest BCUT2D eigenvalue weighted by Gasteiger charge is -2.22. The third-order valence-corrected chi connectivity index (χ3v) is 3.24. The summed E-state index contributed by atoms with van der Waals surface area (Å²) < 4.78 is 0. The molecule has 16 heavy (non-hydrogen) atoms. The van der Waals surface area contributed by atoms with E-state index in [2.05, 4.69) is 33.8 Å². The van der Waals surface area contributed by atoms with Gasteiger partial charge in [0.2, 0.25) is 0 Å². The van der Waals surface area contributed by atoms with E-state index in [1.165, 1.54) is 16.7 Å². The van der Waals surface area contributed by atoms with E-state index in [1.54, 1.807) is 4.90 Å². The van der Waals surface area contributed by atoms with E-state index in [1.807, 2.05) is 13.1 Å². The minimum absolute atomic E-state index is 0.142. The minimum atomic E-state index is 0.142. The molecule has 0 saturated heterocycles. The second kappa shape index (κ2) is 3.34. The van der Waals surface area contributed by atoms with Crippen LogP contribution in [0.15, 0.2) is 12.1 Å². The Morgan fingerprint density at radius 3 is 2.44 bits per heavy atom. The zero-order valence-corrected chi connectivity index (χ0v) is 10.7. The Kier molecular flexibility index (Phi) is 2.33. The predicted octanol–water partition coefficient (Wildman–Crippen LogP) is 2.88. The van der Waals surface area contributed by atoms with E-state index < -0.39 is 0 Å². The molecule has 1 aromatic rings. The molecule has 2 rings (SSSR count). The summed E-state index contributed by atoms with van der Waals surface area (Å²) in [7, 11) is 1.86. The van der Waals surface area contributed by atoms with Gasteiger partial charge >= 0.3 is 0 Å². The van der Waals surface area contributed by atoms with E-state index in [-0.39, 0.29) is 11.3 Å². The Morgan fingerprint density at radius 1 is 1.25 bits per heavy atom. The maximum atomic E-state index is 11.8. The van der Waals surface area contributed by atoms with E-state index in [0.29, 0.717) is 0 Å². The van der Waals surface area contributed by atoms with Gasteiger partial charge in [0.25, 0.3) is 5.91 Å². The lowest BCUT2D eigenvalue weighted by molar-refractivity contribution is 0.0816. The summed E-state index contributed by atoms with van der Waals surface area (Å²) in [6.07, 6.45) is 0. The number of aryl methyl sites for hydroxylation is 1. The molecule has 2 heteroatoms. The molecule has 0 aromatic heterocycles. The normalized spacial score (nSPS) is 15.6. The molecule has 1 amide bonds. The molecule has 0 unspecified atom stereocenters. The average molecular weight is 217 g/mol. The number of nitrogens with zero attached hydrogens (tertiary/aromatic N) is 1. The van der Waals surface area contributed by atoms with Crippen molar-refractivity contribution in [1.29, 1.82) is 0 Å². The zero-order chi connectivity index (χ0) is 12.1. The SMILES string of the molecule is Cc1cc2c(cc1C(C)(C)C)CN(C)C2=O. The van der Waals surface area contributed by atoms with Crippen LogP contribution >= 0.6 is 0 Å². The molecule has 0 spiro atoms. The van der Waals surface area contributed by atoms with Gasteiger partial charge in [-0.2, -0.15) is 0 Å². The lowest BCUT2D eigenvalue weighted by atomic mass is 9.82. The summed E-state index contributed by atoms with van der Waals surface area (Å²) in [5, 5.41) is 0. The Labute approximate surface area is 97.3 Å². The summed E-state index contributed by atoms with van der Waals surface area (Å²) in [4.78, 5) is 13.6. The van der Waals surface area contributed by atoms with Crippen molar-refractivity contribution in [3.05, 3.63) is 34.4 Å². The first-order valence-electron chi connectivity index (χ1n) is 5.70. The first-order chi connectivity index (χ1) is 7.30. The van der Waals surface area contributed by atoms with Crippen LogP contribution in [-0.4, -0.2) is 17.9 Å². The highest BCUT2D eigenvalue weighted by Crippen LogP contribution is 2.31. The Hall–Kier alpha value is -1.31. The number of amides is 1. The molecule has 0 aliphatic carbocycles. The lowest BCUT2D eigenvalue weighted by Crippen LogP contribution is -2.17. The summed E-state index contributed by atoms with van der Waals surface area (Å²) in [6.45, 7) is 9.47. The van der Waals surface area contributed by atoms with Crippen LogP contribution in [0.4, 0.5) is 0 Å². The van der Waals surface area contributed by atoms with Crippen LogP contribution in [0.25, 0.3) is 0 Å². The van der Waals surface area contributed by atoms with Gasteiger partial charge in [-0.05, 0) is 35.1 Å². The monoisotopic (exact) mass is 217 g/mol. The second-order valence-corrected chi connectivity index (χ2v) is 5.74. The molecule has 1 heterocycles. The fourth-order valence-electron chi connectivity index (χ4n) is 2.42. The number of carbonyl (C=O) groups excluding carboxylic acids is 1. The molecule has 1 aliphatic rings. The van der Waals surface area contributed by atoms with Gasteiger partial charge in [-0.25, -0.2) is 0 Å². The third kappa shape index (κ3) is 1.62. The van der Waals surface area contributed by atoms with Gasteiger partial charge in [0, 0.05) is 19.2 Å². The fourth-order valence-corrected chi connectivity index (χ4v) is 2.42. The zero-order valence-electron chi connectivity index (χ0n) is 10.7. The smallest absolute Gasteiger partial charge is 0.254 e. The molecule has 0 saturated carbocycles. The standard InChI is InChI=1S/C14H19NO/c1-9-6-11-10(8-15(5)13(11)16)7-12(9)14(2,3)4/h6-7H,8H2,1-5H3. The molecule has 0 N–H and O–H groups in total. The first-order valence-corrected chi connectivity index (χ1v) is 5.70. The largest absolute Gasteiger partial charge is 0.337 e. The summed E-state index contributed by atoms with van der Waals surface area (Å²) in [5.74, 6) is 0.151.